The minimum Gasteiger partial charge on any atom is -0.329 e. The number of nitrogens with one attached hydrogen (secondary N) is 2. The van der Waals surface area contributed by atoms with E-state index in [1.807, 2.05) is 0 Å². The van der Waals surface area contributed by atoms with Gasteiger partial charge < -0.3 is 10.6 Å². The van der Waals surface area contributed by atoms with Crippen molar-refractivity contribution in [2.24, 2.45) is 5.92 Å². The number of carbonyl (C=O) groups is 2. The van der Waals surface area contributed by atoms with Crippen molar-refractivity contribution in [2.75, 3.05) is 26.2 Å². The third-order valence-electron chi connectivity index (χ3n) is 3.04. The largest absolute Gasteiger partial charge is 0.329 e. The lowest BCUT2D eigenvalue weighted by atomic mass is 10.0. The fraction of sp³-hybridized carbons (Fsp3) is 0.818. The maximum atomic E-state index is 11.2. The van der Waals surface area contributed by atoms with Gasteiger partial charge in [0.05, 0.1) is 6.54 Å². The van der Waals surface area contributed by atoms with Gasteiger partial charge in [0.15, 0.2) is 0 Å². The van der Waals surface area contributed by atoms with Crippen LogP contribution in [0.2, 0.25) is 0 Å². The molecule has 0 aromatic carbocycles. The van der Waals surface area contributed by atoms with Gasteiger partial charge in [0.1, 0.15) is 0 Å². The number of nitrogens with zero attached hydrogens (tertiary/aromatic N) is 1. The molecular formula is C11H21N3O2. The first-order valence-electron chi connectivity index (χ1n) is 5.97. The van der Waals surface area contributed by atoms with Crippen LogP contribution in [0, 0.1) is 5.92 Å². The Morgan fingerprint density at radius 3 is 2.56 bits per heavy atom. The molecule has 0 aliphatic carbocycles. The Morgan fingerprint density at radius 2 is 2.06 bits per heavy atom. The van der Waals surface area contributed by atoms with Crippen LogP contribution < -0.4 is 10.6 Å². The fourth-order valence-electron chi connectivity index (χ4n) is 1.76. The average molecular weight is 227 g/mol. The average Bonchev–Trinajstić information content (AvgIpc) is 2.60. The summed E-state index contributed by atoms with van der Waals surface area (Å²) in [6, 6.07) is -0.269. The highest BCUT2D eigenvalue weighted by molar-refractivity contribution is 6.01. The Bertz CT molecular complexity index is 236. The monoisotopic (exact) mass is 227 g/mol. The zero-order valence-electron chi connectivity index (χ0n) is 10.1. The molecular weight excluding hydrogens is 206 g/mol. The van der Waals surface area contributed by atoms with E-state index in [0.717, 1.165) is 19.4 Å². The van der Waals surface area contributed by atoms with Crippen LogP contribution in [-0.2, 0) is 4.79 Å². The first kappa shape index (κ1) is 13.0. The maximum absolute atomic E-state index is 11.2. The molecule has 0 bridgehead atoms. The molecule has 1 rings (SSSR count). The van der Waals surface area contributed by atoms with Gasteiger partial charge in [-0.05, 0) is 12.5 Å². The molecule has 16 heavy (non-hydrogen) atoms. The smallest absolute Gasteiger partial charge is 0.324 e. The number of hydrogen-bond donors (Lipinski definition) is 2. The second kappa shape index (κ2) is 6.48. The van der Waals surface area contributed by atoms with Gasteiger partial charge in [0.25, 0.3) is 0 Å². The van der Waals surface area contributed by atoms with Crippen molar-refractivity contribution >= 4 is 11.9 Å². The van der Waals surface area contributed by atoms with Crippen molar-refractivity contribution in [2.45, 2.75) is 26.7 Å². The summed E-state index contributed by atoms with van der Waals surface area (Å²) in [5.74, 6) is 0.553. The number of carbonyl (C=O) groups excluding carboxylic acids is 2. The van der Waals surface area contributed by atoms with Crippen LogP contribution in [0.3, 0.4) is 0 Å². The van der Waals surface area contributed by atoms with Gasteiger partial charge in [-0.2, -0.15) is 0 Å². The highest BCUT2D eigenvalue weighted by Crippen LogP contribution is 2.05. The minimum absolute atomic E-state index is 0.130. The zero-order chi connectivity index (χ0) is 12.0. The van der Waals surface area contributed by atoms with Crippen LogP contribution in [0.15, 0.2) is 0 Å². The molecule has 5 nitrogen and oxygen atoms in total. The Balaban J connectivity index is 2.15. The highest BCUT2D eigenvalue weighted by Gasteiger charge is 2.27. The third kappa shape index (κ3) is 3.48. The van der Waals surface area contributed by atoms with Crippen molar-refractivity contribution in [3.05, 3.63) is 0 Å². The number of amides is 3. The summed E-state index contributed by atoms with van der Waals surface area (Å²) >= 11 is 0. The topological polar surface area (TPSA) is 61.4 Å². The van der Waals surface area contributed by atoms with E-state index in [0.29, 0.717) is 19.0 Å². The summed E-state index contributed by atoms with van der Waals surface area (Å²) < 4.78 is 0. The van der Waals surface area contributed by atoms with E-state index < -0.39 is 0 Å². The minimum atomic E-state index is -0.269. The Hall–Kier alpha value is -1.10. The summed E-state index contributed by atoms with van der Waals surface area (Å²) in [5, 5.41) is 5.78. The van der Waals surface area contributed by atoms with Gasteiger partial charge in [-0.15, -0.1) is 0 Å². The third-order valence-corrected chi connectivity index (χ3v) is 3.04. The first-order valence-corrected chi connectivity index (χ1v) is 5.97. The molecule has 1 fully saturated rings. The molecule has 0 atom stereocenters. The van der Waals surface area contributed by atoms with E-state index in [4.69, 9.17) is 0 Å². The predicted octanol–water partition coefficient (Wildman–Crippen LogP) is 0.564. The van der Waals surface area contributed by atoms with Crippen LogP contribution >= 0.6 is 0 Å². The summed E-state index contributed by atoms with van der Waals surface area (Å²) in [6.07, 6.45) is 2.32. The number of rotatable bonds is 7. The first-order chi connectivity index (χ1) is 7.69. The van der Waals surface area contributed by atoms with E-state index in [2.05, 4.69) is 24.5 Å². The van der Waals surface area contributed by atoms with Crippen molar-refractivity contribution in [1.29, 1.82) is 0 Å². The van der Waals surface area contributed by atoms with Crippen molar-refractivity contribution < 1.29 is 9.59 Å². The molecule has 92 valence electrons. The standard InChI is InChI=1S/C11H21N3O2/c1-3-9(4-2)7-12-5-6-14-10(15)8-13-11(14)16/h9,12H,3-8H2,1-2H3,(H,13,16). The maximum Gasteiger partial charge on any atom is 0.324 e. The molecule has 2 N–H and O–H groups in total. The van der Waals surface area contributed by atoms with E-state index in [9.17, 15) is 9.59 Å². The van der Waals surface area contributed by atoms with Gasteiger partial charge >= 0.3 is 6.03 Å². The molecule has 0 saturated carbocycles. The van der Waals surface area contributed by atoms with Crippen molar-refractivity contribution in [1.82, 2.24) is 15.5 Å². The van der Waals surface area contributed by atoms with Crippen molar-refractivity contribution in [3.8, 4) is 0 Å². The van der Waals surface area contributed by atoms with Gasteiger partial charge in [0.2, 0.25) is 5.91 Å². The normalized spacial score (nSPS) is 16.1. The van der Waals surface area contributed by atoms with Gasteiger partial charge in [-0.25, -0.2) is 4.79 Å². The number of hydrogen-bond acceptors (Lipinski definition) is 3. The molecule has 3 amide bonds. The molecule has 1 aliphatic heterocycles. The SMILES string of the molecule is CCC(CC)CNCCN1C(=O)CNC1=O. The van der Waals surface area contributed by atoms with Crippen LogP contribution in [0.5, 0.6) is 0 Å². The zero-order valence-corrected chi connectivity index (χ0v) is 10.1. The molecule has 0 unspecified atom stereocenters. The molecule has 0 radical (unpaired) electrons. The van der Waals surface area contributed by atoms with E-state index in [1.54, 1.807) is 0 Å². The summed E-state index contributed by atoms with van der Waals surface area (Å²) in [6.45, 7) is 6.59. The lowest BCUT2D eigenvalue weighted by Crippen LogP contribution is -2.38. The molecule has 1 saturated heterocycles. The molecule has 0 spiro atoms. The Labute approximate surface area is 96.6 Å². The van der Waals surface area contributed by atoms with Crippen LogP contribution in [0.4, 0.5) is 4.79 Å². The van der Waals surface area contributed by atoms with Crippen LogP contribution in [0.25, 0.3) is 0 Å². The van der Waals surface area contributed by atoms with Crippen molar-refractivity contribution in [3.63, 3.8) is 0 Å². The molecule has 0 aromatic heterocycles. The fourth-order valence-corrected chi connectivity index (χ4v) is 1.76. The molecule has 1 aliphatic rings. The van der Waals surface area contributed by atoms with E-state index >= 15 is 0 Å². The van der Waals surface area contributed by atoms with Gasteiger partial charge in [-0.3, -0.25) is 9.69 Å². The molecule has 5 heteroatoms. The van der Waals surface area contributed by atoms with E-state index in [-0.39, 0.29) is 18.5 Å². The Morgan fingerprint density at radius 1 is 1.38 bits per heavy atom. The molecule has 1 heterocycles. The van der Waals surface area contributed by atoms with E-state index in [1.165, 1.54) is 4.90 Å². The molecule has 0 aromatic rings. The number of imide groups is 1. The Kier molecular flexibility index (Phi) is 5.25. The second-order valence-electron chi connectivity index (χ2n) is 4.09. The summed E-state index contributed by atoms with van der Waals surface area (Å²) in [5.41, 5.74) is 0. The highest BCUT2D eigenvalue weighted by atomic mass is 16.2. The van der Waals surface area contributed by atoms with Gasteiger partial charge in [-0.1, -0.05) is 26.7 Å². The lowest BCUT2D eigenvalue weighted by molar-refractivity contribution is -0.124. The predicted molar refractivity (Wildman–Crippen MR) is 62.1 cm³/mol. The van der Waals surface area contributed by atoms with Crippen LogP contribution in [-0.4, -0.2) is 43.0 Å². The summed E-state index contributed by atoms with van der Waals surface area (Å²) in [4.78, 5) is 23.7. The number of urea groups is 1. The summed E-state index contributed by atoms with van der Waals surface area (Å²) in [7, 11) is 0. The lowest BCUT2D eigenvalue weighted by Gasteiger charge is -2.16. The van der Waals surface area contributed by atoms with Gasteiger partial charge in [0, 0.05) is 13.1 Å². The van der Waals surface area contributed by atoms with Crippen LogP contribution in [0.1, 0.15) is 26.7 Å². The second-order valence-corrected chi connectivity index (χ2v) is 4.09. The quantitative estimate of drug-likeness (QED) is 0.493.